The Kier molecular flexibility index (Phi) is 6.08. The highest BCUT2D eigenvalue weighted by Crippen LogP contribution is 2.22. The topological polar surface area (TPSA) is 64.1 Å². The number of ether oxygens (including phenoxy) is 1. The molecule has 0 fully saturated rings. The second-order valence-corrected chi connectivity index (χ2v) is 6.63. The minimum absolute atomic E-state index is 0.0804. The second-order valence-electron chi connectivity index (χ2n) is 5.77. The maximum atomic E-state index is 12.3. The monoisotopic (exact) mass is 389 g/mol. The number of carbonyl (C=O) groups excluding carboxylic acids is 1. The average molecular weight is 389 g/mol. The molecule has 0 saturated carbocycles. The minimum Gasteiger partial charge on any atom is -0.435 e. The summed E-state index contributed by atoms with van der Waals surface area (Å²) < 4.78 is 28.7. The molecular weight excluding hydrogens is 372 g/mol. The molecule has 0 spiro atoms. The van der Waals surface area contributed by atoms with Crippen molar-refractivity contribution in [1.29, 1.82) is 0 Å². The highest BCUT2D eigenvalue weighted by atomic mass is 32.1. The van der Waals surface area contributed by atoms with Gasteiger partial charge in [-0.25, -0.2) is 4.98 Å². The zero-order chi connectivity index (χ0) is 19.2. The number of nitrogens with zero attached hydrogens (tertiary/aromatic N) is 2. The van der Waals surface area contributed by atoms with Gasteiger partial charge < -0.3 is 10.1 Å². The van der Waals surface area contributed by atoms with Crippen LogP contribution >= 0.6 is 11.3 Å². The van der Waals surface area contributed by atoms with Gasteiger partial charge in [0.25, 0.3) is 0 Å². The van der Waals surface area contributed by atoms with Gasteiger partial charge in [0.15, 0.2) is 0 Å². The van der Waals surface area contributed by atoms with E-state index in [1.807, 2.05) is 30.5 Å². The molecule has 3 rings (SSSR count). The lowest BCUT2D eigenvalue weighted by atomic mass is 10.1. The summed E-state index contributed by atoms with van der Waals surface area (Å²) in [4.78, 5) is 21.0. The molecule has 0 saturated heterocycles. The summed E-state index contributed by atoms with van der Waals surface area (Å²) in [5.41, 5.74) is 2.23. The number of amides is 1. The standard InChI is InChI=1S/C19H17F2N3O2S/c1-12(13-5-7-15(8-6-13)26-19(20)21)23-17(25)10-14-11-27-18(24-14)16-4-2-3-9-22-16/h2-9,11-12,19H,10H2,1H3,(H,23,25). The Labute approximate surface area is 159 Å². The summed E-state index contributed by atoms with van der Waals surface area (Å²) in [7, 11) is 0. The van der Waals surface area contributed by atoms with Crippen LogP contribution in [0.4, 0.5) is 8.78 Å². The van der Waals surface area contributed by atoms with Crippen molar-refractivity contribution in [1.82, 2.24) is 15.3 Å². The Morgan fingerprint density at radius 2 is 2.00 bits per heavy atom. The summed E-state index contributed by atoms with van der Waals surface area (Å²) >= 11 is 1.44. The van der Waals surface area contributed by atoms with Crippen molar-refractivity contribution in [2.24, 2.45) is 0 Å². The first-order chi connectivity index (χ1) is 13.0. The van der Waals surface area contributed by atoms with Crippen LogP contribution in [0.1, 0.15) is 24.2 Å². The number of pyridine rings is 1. The average Bonchev–Trinajstić information content (AvgIpc) is 3.11. The van der Waals surface area contributed by atoms with Crippen LogP contribution in [0.3, 0.4) is 0 Å². The van der Waals surface area contributed by atoms with Crippen LogP contribution in [-0.2, 0) is 11.2 Å². The maximum Gasteiger partial charge on any atom is 0.387 e. The summed E-state index contributed by atoms with van der Waals surface area (Å²) in [6.07, 6.45) is 1.85. The lowest BCUT2D eigenvalue weighted by molar-refractivity contribution is -0.121. The number of hydrogen-bond donors (Lipinski definition) is 1. The third kappa shape index (κ3) is 5.30. The smallest absolute Gasteiger partial charge is 0.387 e. The van der Waals surface area contributed by atoms with E-state index in [1.54, 1.807) is 18.3 Å². The lowest BCUT2D eigenvalue weighted by Gasteiger charge is -2.14. The number of hydrogen-bond acceptors (Lipinski definition) is 5. The van der Waals surface area contributed by atoms with Crippen molar-refractivity contribution in [2.75, 3.05) is 0 Å². The Bertz CT molecular complexity index is 885. The van der Waals surface area contributed by atoms with Crippen LogP contribution in [0.5, 0.6) is 5.75 Å². The van der Waals surface area contributed by atoms with Gasteiger partial charge in [-0.1, -0.05) is 18.2 Å². The Morgan fingerprint density at radius 3 is 2.67 bits per heavy atom. The Hall–Kier alpha value is -2.87. The van der Waals surface area contributed by atoms with Crippen LogP contribution in [-0.4, -0.2) is 22.5 Å². The normalized spacial score (nSPS) is 12.0. The van der Waals surface area contributed by atoms with Gasteiger partial charge >= 0.3 is 6.61 Å². The van der Waals surface area contributed by atoms with Gasteiger partial charge in [-0.3, -0.25) is 9.78 Å². The summed E-state index contributed by atoms with van der Waals surface area (Å²) in [6.45, 7) is -1.04. The van der Waals surface area contributed by atoms with Gasteiger partial charge in [0, 0.05) is 11.6 Å². The lowest BCUT2D eigenvalue weighted by Crippen LogP contribution is -2.28. The molecule has 27 heavy (non-hydrogen) atoms. The fraction of sp³-hybridized carbons (Fsp3) is 0.211. The van der Waals surface area contributed by atoms with E-state index in [1.165, 1.54) is 23.5 Å². The van der Waals surface area contributed by atoms with Gasteiger partial charge in [-0.15, -0.1) is 11.3 Å². The summed E-state index contributed by atoms with van der Waals surface area (Å²) in [5.74, 6) is -0.0925. The van der Waals surface area contributed by atoms with Gasteiger partial charge in [0.2, 0.25) is 5.91 Å². The van der Waals surface area contributed by atoms with E-state index < -0.39 is 6.61 Å². The molecular formula is C19H17F2N3O2S. The number of alkyl halides is 2. The van der Waals surface area contributed by atoms with Crippen molar-refractivity contribution in [3.05, 3.63) is 65.3 Å². The highest BCUT2D eigenvalue weighted by Gasteiger charge is 2.13. The van der Waals surface area contributed by atoms with Crippen molar-refractivity contribution >= 4 is 17.2 Å². The fourth-order valence-electron chi connectivity index (χ4n) is 2.47. The van der Waals surface area contributed by atoms with Crippen LogP contribution in [0.15, 0.2) is 54.0 Å². The van der Waals surface area contributed by atoms with Crippen molar-refractivity contribution in [3.8, 4) is 16.5 Å². The molecule has 0 aliphatic rings. The number of carbonyl (C=O) groups is 1. The fourth-order valence-corrected chi connectivity index (χ4v) is 3.27. The first-order valence-corrected chi connectivity index (χ1v) is 9.09. The zero-order valence-electron chi connectivity index (χ0n) is 14.4. The van der Waals surface area contributed by atoms with E-state index in [-0.39, 0.29) is 24.1 Å². The maximum absolute atomic E-state index is 12.3. The third-order valence-electron chi connectivity index (χ3n) is 3.76. The van der Waals surface area contributed by atoms with Crippen molar-refractivity contribution < 1.29 is 18.3 Å². The molecule has 1 N–H and O–H groups in total. The summed E-state index contributed by atoms with van der Waals surface area (Å²) in [6, 6.07) is 11.5. The van der Waals surface area contributed by atoms with Crippen LogP contribution in [0, 0.1) is 0 Å². The molecule has 8 heteroatoms. The second kappa shape index (κ2) is 8.68. The van der Waals surface area contributed by atoms with E-state index in [2.05, 4.69) is 20.0 Å². The van der Waals surface area contributed by atoms with Crippen LogP contribution in [0.2, 0.25) is 0 Å². The van der Waals surface area contributed by atoms with E-state index in [0.29, 0.717) is 5.69 Å². The number of halogens is 2. The van der Waals surface area contributed by atoms with Gasteiger partial charge in [0.05, 0.1) is 23.9 Å². The number of rotatable bonds is 7. The minimum atomic E-state index is -2.86. The predicted octanol–water partition coefficient (Wildman–Crippen LogP) is 4.23. The number of thiazole rings is 1. The molecule has 3 aromatic rings. The van der Waals surface area contributed by atoms with Gasteiger partial charge in [0.1, 0.15) is 10.8 Å². The van der Waals surface area contributed by atoms with E-state index >= 15 is 0 Å². The molecule has 1 amide bonds. The molecule has 0 aliphatic heterocycles. The van der Waals surface area contributed by atoms with E-state index in [4.69, 9.17) is 0 Å². The first kappa shape index (κ1) is 18.9. The molecule has 2 heterocycles. The van der Waals surface area contributed by atoms with Crippen LogP contribution < -0.4 is 10.1 Å². The molecule has 5 nitrogen and oxygen atoms in total. The van der Waals surface area contributed by atoms with Gasteiger partial charge in [-0.05, 0) is 36.8 Å². The third-order valence-corrected chi connectivity index (χ3v) is 4.67. The van der Waals surface area contributed by atoms with E-state index in [9.17, 15) is 13.6 Å². The molecule has 140 valence electrons. The zero-order valence-corrected chi connectivity index (χ0v) is 15.2. The van der Waals surface area contributed by atoms with Crippen molar-refractivity contribution in [2.45, 2.75) is 26.0 Å². The molecule has 0 bridgehead atoms. The predicted molar refractivity (Wildman–Crippen MR) is 98.7 cm³/mol. The largest absolute Gasteiger partial charge is 0.435 e. The number of nitrogens with one attached hydrogen (secondary N) is 1. The molecule has 1 unspecified atom stereocenters. The number of benzene rings is 1. The number of aromatic nitrogens is 2. The van der Waals surface area contributed by atoms with Crippen molar-refractivity contribution in [3.63, 3.8) is 0 Å². The Balaban J connectivity index is 1.56. The quantitative estimate of drug-likeness (QED) is 0.657. The highest BCUT2D eigenvalue weighted by molar-refractivity contribution is 7.13. The molecule has 2 aromatic heterocycles. The Morgan fingerprint density at radius 1 is 1.22 bits per heavy atom. The van der Waals surface area contributed by atoms with E-state index in [0.717, 1.165) is 16.3 Å². The van der Waals surface area contributed by atoms with Gasteiger partial charge in [-0.2, -0.15) is 8.78 Å². The van der Waals surface area contributed by atoms with Crippen LogP contribution in [0.25, 0.3) is 10.7 Å². The molecule has 0 radical (unpaired) electrons. The first-order valence-electron chi connectivity index (χ1n) is 8.21. The SMILES string of the molecule is CC(NC(=O)Cc1csc(-c2ccccn2)n1)c1ccc(OC(F)F)cc1. The molecule has 0 aliphatic carbocycles. The molecule has 1 aromatic carbocycles. The molecule has 1 atom stereocenters. The summed E-state index contributed by atoms with van der Waals surface area (Å²) in [5, 5.41) is 5.48.